The first-order valence-electron chi connectivity index (χ1n) is 8.85. The number of halogens is 1. The second-order valence-electron chi connectivity index (χ2n) is 7.62. The van der Waals surface area contributed by atoms with E-state index in [4.69, 9.17) is 10.1 Å². The molecule has 142 valence electrons. The Kier molecular flexibility index (Phi) is 6.53. The van der Waals surface area contributed by atoms with Gasteiger partial charge in [-0.2, -0.15) is 0 Å². The van der Waals surface area contributed by atoms with Crippen molar-refractivity contribution in [1.82, 2.24) is 10.2 Å². The van der Waals surface area contributed by atoms with Crippen LogP contribution in [0.1, 0.15) is 39.2 Å². The number of likely N-dealkylation sites (tertiary alicyclic amines) is 1. The van der Waals surface area contributed by atoms with Crippen LogP contribution in [-0.4, -0.2) is 36.2 Å². The third-order valence-corrected chi connectivity index (χ3v) is 4.51. The Balaban J connectivity index is 2.03. The molecular weight excluding hydrogens is 333 g/mol. The lowest BCUT2D eigenvalue weighted by Crippen LogP contribution is -2.43. The summed E-state index contributed by atoms with van der Waals surface area (Å²) in [6.45, 7) is 7.22. The molecule has 5 nitrogen and oxygen atoms in total. The SMILES string of the molecule is CO/C(=C\C(=N)C(C)(C)C)NC(=O)[C@@H]1CCCN1Cc1ccc(F)cc1. The molecule has 2 rings (SSSR count). The van der Waals surface area contributed by atoms with E-state index in [0.717, 1.165) is 24.9 Å². The number of rotatable bonds is 6. The van der Waals surface area contributed by atoms with Gasteiger partial charge in [0, 0.05) is 23.7 Å². The highest BCUT2D eigenvalue weighted by atomic mass is 19.1. The first kappa shape index (κ1) is 20.1. The molecular formula is C20H28FN3O2. The van der Waals surface area contributed by atoms with Crippen molar-refractivity contribution in [3.05, 3.63) is 47.6 Å². The highest BCUT2D eigenvalue weighted by Gasteiger charge is 2.31. The Morgan fingerprint density at radius 3 is 2.62 bits per heavy atom. The molecule has 1 saturated heterocycles. The first-order chi connectivity index (χ1) is 12.2. The predicted molar refractivity (Wildman–Crippen MR) is 100 cm³/mol. The van der Waals surface area contributed by atoms with Crippen LogP contribution in [0.3, 0.4) is 0 Å². The third-order valence-electron chi connectivity index (χ3n) is 4.51. The van der Waals surface area contributed by atoms with E-state index in [0.29, 0.717) is 12.3 Å². The number of carbonyl (C=O) groups is 1. The zero-order chi connectivity index (χ0) is 19.3. The number of nitrogens with one attached hydrogen (secondary N) is 2. The van der Waals surface area contributed by atoms with Gasteiger partial charge in [0.05, 0.1) is 13.2 Å². The molecule has 0 saturated carbocycles. The van der Waals surface area contributed by atoms with Crippen LogP contribution < -0.4 is 5.32 Å². The topological polar surface area (TPSA) is 65.4 Å². The van der Waals surface area contributed by atoms with Crippen LogP contribution in [0.15, 0.2) is 36.2 Å². The minimum atomic E-state index is -0.323. The van der Waals surface area contributed by atoms with Gasteiger partial charge in [-0.25, -0.2) is 4.39 Å². The number of ether oxygens (including phenoxy) is 1. The lowest BCUT2D eigenvalue weighted by molar-refractivity contribution is -0.125. The summed E-state index contributed by atoms with van der Waals surface area (Å²) in [7, 11) is 1.48. The highest BCUT2D eigenvalue weighted by Crippen LogP contribution is 2.21. The van der Waals surface area contributed by atoms with Crippen molar-refractivity contribution in [1.29, 1.82) is 5.41 Å². The number of amides is 1. The maximum Gasteiger partial charge on any atom is 0.244 e. The molecule has 1 heterocycles. The van der Waals surface area contributed by atoms with E-state index in [9.17, 15) is 9.18 Å². The van der Waals surface area contributed by atoms with E-state index in [2.05, 4.69) is 10.2 Å². The van der Waals surface area contributed by atoms with Crippen molar-refractivity contribution >= 4 is 11.6 Å². The van der Waals surface area contributed by atoms with Gasteiger partial charge in [0.15, 0.2) is 5.88 Å². The Morgan fingerprint density at radius 2 is 2.04 bits per heavy atom. The fourth-order valence-electron chi connectivity index (χ4n) is 2.84. The van der Waals surface area contributed by atoms with Crippen molar-refractivity contribution in [2.24, 2.45) is 5.41 Å². The summed E-state index contributed by atoms with van der Waals surface area (Å²) in [5.41, 5.74) is 1.03. The Bertz CT molecular complexity index is 677. The van der Waals surface area contributed by atoms with E-state index in [-0.39, 0.29) is 29.1 Å². The Hall–Kier alpha value is -2.21. The van der Waals surface area contributed by atoms with Crippen LogP contribution in [0, 0.1) is 16.6 Å². The predicted octanol–water partition coefficient (Wildman–Crippen LogP) is 3.46. The van der Waals surface area contributed by atoms with Gasteiger partial charge < -0.3 is 10.1 Å². The lowest BCUT2D eigenvalue weighted by atomic mass is 9.90. The standard InChI is InChI=1S/C20H28FN3O2/c1-20(2,3)17(22)12-18(26-4)23-19(25)16-6-5-11-24(16)13-14-7-9-15(21)10-8-14/h7-10,12,16,22H,5-6,11,13H2,1-4H3,(H,23,25)/b18-12-,22-17?/t16-/m0/s1. The van der Waals surface area contributed by atoms with Crippen molar-refractivity contribution in [2.75, 3.05) is 13.7 Å². The highest BCUT2D eigenvalue weighted by molar-refractivity contribution is 5.97. The summed E-state index contributed by atoms with van der Waals surface area (Å²) in [6.07, 6.45) is 3.25. The first-order valence-corrected chi connectivity index (χ1v) is 8.85. The summed E-state index contributed by atoms with van der Waals surface area (Å²) in [5.74, 6) is -0.122. The average molecular weight is 361 g/mol. The number of nitrogens with zero attached hydrogens (tertiary/aromatic N) is 1. The molecule has 0 spiro atoms. The largest absolute Gasteiger partial charge is 0.482 e. The van der Waals surface area contributed by atoms with E-state index < -0.39 is 0 Å². The van der Waals surface area contributed by atoms with Crippen LogP contribution in [0.2, 0.25) is 0 Å². The molecule has 2 N–H and O–H groups in total. The third kappa shape index (κ3) is 5.39. The fraction of sp³-hybridized carbons (Fsp3) is 0.500. The lowest BCUT2D eigenvalue weighted by Gasteiger charge is -2.24. The molecule has 1 aliphatic rings. The van der Waals surface area contributed by atoms with E-state index in [1.54, 1.807) is 18.2 Å². The monoisotopic (exact) mass is 361 g/mol. The van der Waals surface area contributed by atoms with Crippen LogP contribution in [0.5, 0.6) is 0 Å². The molecule has 1 aromatic rings. The quantitative estimate of drug-likeness (QED) is 0.602. The zero-order valence-electron chi connectivity index (χ0n) is 15.9. The molecule has 1 aliphatic heterocycles. The van der Waals surface area contributed by atoms with Crippen LogP contribution in [-0.2, 0) is 16.1 Å². The fourth-order valence-corrected chi connectivity index (χ4v) is 2.84. The van der Waals surface area contributed by atoms with Gasteiger partial charge in [0.2, 0.25) is 5.91 Å². The number of hydrogen-bond acceptors (Lipinski definition) is 4. The summed E-state index contributed by atoms with van der Waals surface area (Å²) >= 11 is 0. The summed E-state index contributed by atoms with van der Waals surface area (Å²) in [4.78, 5) is 14.8. The molecule has 0 unspecified atom stereocenters. The van der Waals surface area contributed by atoms with Gasteiger partial charge in [-0.3, -0.25) is 15.0 Å². The van der Waals surface area contributed by atoms with Gasteiger partial charge in [-0.15, -0.1) is 0 Å². The summed E-state index contributed by atoms with van der Waals surface area (Å²) in [6, 6.07) is 6.10. The molecule has 0 aromatic heterocycles. The minimum absolute atomic E-state index is 0.139. The second kappa shape index (κ2) is 8.45. The number of allylic oxidation sites excluding steroid dienone is 1. The molecule has 26 heavy (non-hydrogen) atoms. The van der Waals surface area contributed by atoms with E-state index in [1.165, 1.54) is 19.2 Å². The van der Waals surface area contributed by atoms with Crippen molar-refractivity contribution in [2.45, 2.75) is 46.2 Å². The smallest absolute Gasteiger partial charge is 0.244 e. The molecule has 0 radical (unpaired) electrons. The van der Waals surface area contributed by atoms with Gasteiger partial charge in [0.1, 0.15) is 5.82 Å². The number of benzene rings is 1. The molecule has 0 aliphatic carbocycles. The second-order valence-corrected chi connectivity index (χ2v) is 7.62. The molecule has 0 bridgehead atoms. The molecule has 1 atom stereocenters. The van der Waals surface area contributed by atoms with Crippen LogP contribution in [0.25, 0.3) is 0 Å². The Labute approximate surface area is 154 Å². The Morgan fingerprint density at radius 1 is 1.38 bits per heavy atom. The average Bonchev–Trinajstić information content (AvgIpc) is 3.03. The van der Waals surface area contributed by atoms with Gasteiger partial charge in [0.25, 0.3) is 0 Å². The summed E-state index contributed by atoms with van der Waals surface area (Å²) < 4.78 is 18.3. The molecule has 1 amide bonds. The van der Waals surface area contributed by atoms with E-state index in [1.807, 2.05) is 20.8 Å². The van der Waals surface area contributed by atoms with Gasteiger partial charge >= 0.3 is 0 Å². The van der Waals surface area contributed by atoms with Gasteiger partial charge in [-0.1, -0.05) is 32.9 Å². The number of hydrogen-bond donors (Lipinski definition) is 2. The number of carbonyl (C=O) groups excluding carboxylic acids is 1. The van der Waals surface area contributed by atoms with Crippen molar-refractivity contribution < 1.29 is 13.9 Å². The molecule has 1 aromatic carbocycles. The maximum atomic E-state index is 13.1. The normalized spacial score (nSPS) is 18.7. The van der Waals surface area contributed by atoms with Crippen LogP contribution in [0.4, 0.5) is 4.39 Å². The van der Waals surface area contributed by atoms with Crippen molar-refractivity contribution in [3.63, 3.8) is 0 Å². The van der Waals surface area contributed by atoms with Crippen LogP contribution >= 0.6 is 0 Å². The van der Waals surface area contributed by atoms with E-state index >= 15 is 0 Å². The maximum absolute atomic E-state index is 13.1. The summed E-state index contributed by atoms with van der Waals surface area (Å²) in [5, 5.41) is 10.9. The zero-order valence-corrected chi connectivity index (χ0v) is 15.9. The molecule has 6 heteroatoms. The van der Waals surface area contributed by atoms with Gasteiger partial charge in [-0.05, 0) is 37.1 Å². The minimum Gasteiger partial charge on any atom is -0.482 e. The molecule has 1 fully saturated rings. The number of methoxy groups -OCH3 is 1. The van der Waals surface area contributed by atoms with Crippen molar-refractivity contribution in [3.8, 4) is 0 Å².